The van der Waals surface area contributed by atoms with Crippen molar-refractivity contribution in [2.45, 2.75) is 37.8 Å². The van der Waals surface area contributed by atoms with Crippen LogP contribution in [0.3, 0.4) is 0 Å². The highest BCUT2D eigenvalue weighted by molar-refractivity contribution is 6.32. The molecule has 0 saturated heterocycles. The number of aromatic nitrogens is 2. The molecule has 1 aromatic heterocycles. The average Bonchev–Trinajstić information content (AvgIpc) is 2.45. The van der Waals surface area contributed by atoms with Crippen LogP contribution in [0.1, 0.15) is 25.7 Å². The first-order chi connectivity index (χ1) is 7.15. The van der Waals surface area contributed by atoms with Crippen LogP contribution in [0, 0.1) is 0 Å². The second-order valence-electron chi connectivity index (χ2n) is 4.12. The van der Waals surface area contributed by atoms with Crippen LogP contribution in [0.25, 0.3) is 0 Å². The Morgan fingerprint density at radius 2 is 2.40 bits per heavy atom. The molecule has 2 N–H and O–H groups in total. The Hall–Kier alpha value is -0.740. The number of aryl methyl sites for hydroxylation is 1. The lowest BCUT2D eigenvalue weighted by atomic mass is 9.77. The zero-order valence-electron chi connectivity index (χ0n) is 8.87. The Bertz CT molecular complexity index is 321. The van der Waals surface area contributed by atoms with Crippen molar-refractivity contribution < 1.29 is 4.74 Å². The highest BCUT2D eigenvalue weighted by atomic mass is 35.5. The number of ether oxygens (including phenoxy) is 1. The summed E-state index contributed by atoms with van der Waals surface area (Å²) < 4.78 is 7.32. The maximum absolute atomic E-state index is 5.82. The topological polar surface area (TPSA) is 53.1 Å². The predicted molar refractivity (Wildman–Crippen MR) is 59.9 cm³/mol. The van der Waals surface area contributed by atoms with E-state index in [1.165, 1.54) is 6.42 Å². The van der Waals surface area contributed by atoms with Crippen LogP contribution < -0.4 is 5.73 Å². The monoisotopic (exact) mass is 229 g/mol. The predicted octanol–water partition coefficient (Wildman–Crippen LogP) is 2.08. The van der Waals surface area contributed by atoms with E-state index in [2.05, 4.69) is 5.10 Å². The fraction of sp³-hybridized carbons (Fsp3) is 0.700. The first-order valence-electron chi connectivity index (χ1n) is 5.19. The number of nitrogen functional groups attached to an aromatic ring is 1. The van der Waals surface area contributed by atoms with Crippen LogP contribution in [-0.4, -0.2) is 22.5 Å². The summed E-state index contributed by atoms with van der Waals surface area (Å²) in [4.78, 5) is 0. The molecular weight excluding hydrogens is 214 g/mol. The van der Waals surface area contributed by atoms with Crippen LogP contribution in [0.2, 0.25) is 5.02 Å². The molecule has 1 fully saturated rings. The molecule has 0 amide bonds. The van der Waals surface area contributed by atoms with E-state index in [1.807, 2.05) is 0 Å². The lowest BCUT2D eigenvalue weighted by Crippen LogP contribution is -2.40. The van der Waals surface area contributed by atoms with E-state index < -0.39 is 0 Å². The van der Waals surface area contributed by atoms with Gasteiger partial charge in [-0.15, -0.1) is 0 Å². The standard InChI is InChI=1S/C10H16ClN3O/c1-15-10(3-2-4-10)5-6-14-7-8(11)9(12)13-14/h7H,2-6H2,1H3,(H2,12,13). The molecule has 5 heteroatoms. The van der Waals surface area contributed by atoms with Gasteiger partial charge in [0.05, 0.1) is 5.60 Å². The third kappa shape index (κ3) is 2.11. The number of hydrogen-bond acceptors (Lipinski definition) is 3. The molecule has 1 heterocycles. The number of nitrogens with zero attached hydrogens (tertiary/aromatic N) is 2. The van der Waals surface area contributed by atoms with Crippen LogP contribution in [0.15, 0.2) is 6.20 Å². The van der Waals surface area contributed by atoms with Crippen LogP contribution in [0.5, 0.6) is 0 Å². The second-order valence-corrected chi connectivity index (χ2v) is 4.52. The Kier molecular flexibility index (Phi) is 2.89. The van der Waals surface area contributed by atoms with E-state index in [4.69, 9.17) is 22.1 Å². The molecule has 84 valence electrons. The highest BCUT2D eigenvalue weighted by Crippen LogP contribution is 2.38. The number of anilines is 1. The van der Waals surface area contributed by atoms with Crippen LogP contribution >= 0.6 is 11.6 Å². The lowest BCUT2D eigenvalue weighted by molar-refractivity contribution is -0.0804. The van der Waals surface area contributed by atoms with Gasteiger partial charge in [0.15, 0.2) is 5.82 Å². The van der Waals surface area contributed by atoms with Gasteiger partial charge in [0.25, 0.3) is 0 Å². The van der Waals surface area contributed by atoms with Crippen molar-refractivity contribution in [3.63, 3.8) is 0 Å². The third-order valence-electron chi connectivity index (χ3n) is 3.24. The van der Waals surface area contributed by atoms with Crippen molar-refractivity contribution in [1.29, 1.82) is 0 Å². The molecule has 1 saturated carbocycles. The minimum Gasteiger partial charge on any atom is -0.381 e. The zero-order valence-corrected chi connectivity index (χ0v) is 9.63. The van der Waals surface area contributed by atoms with Gasteiger partial charge >= 0.3 is 0 Å². The average molecular weight is 230 g/mol. The van der Waals surface area contributed by atoms with Gasteiger partial charge in [-0.25, -0.2) is 0 Å². The van der Waals surface area contributed by atoms with Gasteiger partial charge in [-0.2, -0.15) is 5.10 Å². The molecule has 4 nitrogen and oxygen atoms in total. The molecular formula is C10H16ClN3O. The minimum absolute atomic E-state index is 0.0766. The van der Waals surface area contributed by atoms with Gasteiger partial charge in [-0.3, -0.25) is 4.68 Å². The minimum atomic E-state index is 0.0766. The molecule has 0 aromatic carbocycles. The maximum Gasteiger partial charge on any atom is 0.164 e. The Balaban J connectivity index is 1.92. The van der Waals surface area contributed by atoms with Crippen molar-refractivity contribution in [2.24, 2.45) is 0 Å². The first-order valence-corrected chi connectivity index (χ1v) is 5.57. The van der Waals surface area contributed by atoms with Gasteiger partial charge < -0.3 is 10.5 Å². The molecule has 0 radical (unpaired) electrons. The van der Waals surface area contributed by atoms with Crippen molar-refractivity contribution >= 4 is 17.4 Å². The number of methoxy groups -OCH3 is 1. The maximum atomic E-state index is 5.82. The number of nitrogens with two attached hydrogens (primary N) is 1. The van der Waals surface area contributed by atoms with E-state index in [0.29, 0.717) is 10.8 Å². The largest absolute Gasteiger partial charge is 0.381 e. The van der Waals surface area contributed by atoms with Crippen LogP contribution in [0.4, 0.5) is 5.82 Å². The molecule has 1 aliphatic rings. The van der Waals surface area contributed by atoms with E-state index in [0.717, 1.165) is 25.8 Å². The van der Waals surface area contributed by atoms with E-state index >= 15 is 0 Å². The number of rotatable bonds is 4. The van der Waals surface area contributed by atoms with Crippen molar-refractivity contribution in [1.82, 2.24) is 9.78 Å². The molecule has 0 spiro atoms. The molecule has 1 aromatic rings. The summed E-state index contributed by atoms with van der Waals surface area (Å²) in [5.74, 6) is 0.400. The smallest absolute Gasteiger partial charge is 0.164 e. The van der Waals surface area contributed by atoms with Crippen molar-refractivity contribution in [2.75, 3.05) is 12.8 Å². The summed E-state index contributed by atoms with van der Waals surface area (Å²) in [5, 5.41) is 4.64. The Morgan fingerprint density at radius 1 is 1.67 bits per heavy atom. The van der Waals surface area contributed by atoms with Crippen LogP contribution in [-0.2, 0) is 11.3 Å². The fourth-order valence-corrected chi connectivity index (χ4v) is 2.12. The summed E-state index contributed by atoms with van der Waals surface area (Å²) in [6.07, 6.45) is 6.29. The summed E-state index contributed by atoms with van der Waals surface area (Å²) in [6, 6.07) is 0. The fourth-order valence-electron chi connectivity index (χ4n) is 1.97. The van der Waals surface area contributed by atoms with E-state index in [-0.39, 0.29) is 5.60 Å². The molecule has 0 bridgehead atoms. The zero-order chi connectivity index (χ0) is 10.9. The van der Waals surface area contributed by atoms with Gasteiger partial charge in [-0.05, 0) is 25.7 Å². The molecule has 15 heavy (non-hydrogen) atoms. The van der Waals surface area contributed by atoms with Gasteiger partial charge in [0.1, 0.15) is 5.02 Å². The van der Waals surface area contributed by atoms with Crippen molar-refractivity contribution in [3.8, 4) is 0 Å². The molecule has 0 atom stereocenters. The Labute approximate surface area is 94.3 Å². The van der Waals surface area contributed by atoms with E-state index in [9.17, 15) is 0 Å². The Morgan fingerprint density at radius 3 is 2.80 bits per heavy atom. The molecule has 1 aliphatic carbocycles. The van der Waals surface area contributed by atoms with Crippen molar-refractivity contribution in [3.05, 3.63) is 11.2 Å². The number of hydrogen-bond donors (Lipinski definition) is 1. The summed E-state index contributed by atoms with van der Waals surface area (Å²) in [6.45, 7) is 0.810. The summed E-state index contributed by atoms with van der Waals surface area (Å²) in [7, 11) is 1.78. The summed E-state index contributed by atoms with van der Waals surface area (Å²) >= 11 is 5.82. The SMILES string of the molecule is COC1(CCn2cc(Cl)c(N)n2)CCC1. The lowest BCUT2D eigenvalue weighted by Gasteiger charge is -2.40. The first kappa shape index (κ1) is 10.8. The van der Waals surface area contributed by atoms with Gasteiger partial charge in [-0.1, -0.05) is 11.6 Å². The molecule has 0 unspecified atom stereocenters. The quantitative estimate of drug-likeness (QED) is 0.860. The normalized spacial score (nSPS) is 18.8. The number of halogens is 1. The third-order valence-corrected chi connectivity index (χ3v) is 3.53. The highest BCUT2D eigenvalue weighted by Gasteiger charge is 2.36. The second kappa shape index (κ2) is 4.02. The van der Waals surface area contributed by atoms with Gasteiger partial charge in [0, 0.05) is 19.9 Å². The van der Waals surface area contributed by atoms with Gasteiger partial charge in [0.2, 0.25) is 0 Å². The van der Waals surface area contributed by atoms with E-state index in [1.54, 1.807) is 18.0 Å². The summed E-state index contributed by atoms with van der Waals surface area (Å²) in [5.41, 5.74) is 5.64. The molecule has 0 aliphatic heterocycles. The molecule has 2 rings (SSSR count).